The highest BCUT2D eigenvalue weighted by atomic mass is 19.1. The fourth-order valence-corrected chi connectivity index (χ4v) is 2.80. The summed E-state index contributed by atoms with van der Waals surface area (Å²) in [5.74, 6) is -1.54. The zero-order valence-corrected chi connectivity index (χ0v) is 11.5. The third kappa shape index (κ3) is 3.76. The standard InChI is InChI=1S/C15H19F2NO2/c1-10(12-6-13(16)8-14(17)7-12)18-5-4-11(9-18)2-3-15(19)20/h6-8,10-11H,2-5,9H2,1H3,(H,19,20). The van der Waals surface area contributed by atoms with Crippen LogP contribution in [0.5, 0.6) is 0 Å². The average Bonchev–Trinajstić information content (AvgIpc) is 2.83. The summed E-state index contributed by atoms with van der Waals surface area (Å²) in [5, 5.41) is 8.69. The van der Waals surface area contributed by atoms with Crippen molar-refractivity contribution < 1.29 is 18.7 Å². The van der Waals surface area contributed by atoms with Gasteiger partial charge in [0.1, 0.15) is 11.6 Å². The van der Waals surface area contributed by atoms with E-state index in [1.807, 2.05) is 6.92 Å². The molecule has 2 unspecified atom stereocenters. The highest BCUT2D eigenvalue weighted by molar-refractivity contribution is 5.66. The summed E-state index contributed by atoms with van der Waals surface area (Å²) >= 11 is 0. The molecule has 0 saturated carbocycles. The summed E-state index contributed by atoms with van der Waals surface area (Å²) in [6, 6.07) is 3.53. The first-order valence-electron chi connectivity index (χ1n) is 6.87. The van der Waals surface area contributed by atoms with Gasteiger partial charge in [0, 0.05) is 25.1 Å². The Bertz CT molecular complexity index is 473. The highest BCUT2D eigenvalue weighted by Gasteiger charge is 2.27. The van der Waals surface area contributed by atoms with Crippen LogP contribution in [0.4, 0.5) is 8.78 Å². The van der Waals surface area contributed by atoms with E-state index in [2.05, 4.69) is 4.90 Å². The number of likely N-dealkylation sites (tertiary alicyclic amines) is 1. The number of hydrogen-bond donors (Lipinski definition) is 1. The molecule has 0 amide bonds. The van der Waals surface area contributed by atoms with Crippen LogP contribution < -0.4 is 0 Å². The molecule has 1 aliphatic rings. The van der Waals surface area contributed by atoms with Gasteiger partial charge in [-0.1, -0.05) is 0 Å². The predicted molar refractivity (Wildman–Crippen MR) is 71.3 cm³/mol. The number of carboxylic acid groups (broad SMARTS) is 1. The second-order valence-electron chi connectivity index (χ2n) is 5.46. The van der Waals surface area contributed by atoms with Crippen molar-refractivity contribution in [2.45, 2.75) is 32.2 Å². The number of rotatable bonds is 5. The first-order chi connectivity index (χ1) is 9.45. The van der Waals surface area contributed by atoms with E-state index in [1.165, 1.54) is 12.1 Å². The molecule has 0 bridgehead atoms. The van der Waals surface area contributed by atoms with Crippen molar-refractivity contribution >= 4 is 5.97 Å². The lowest BCUT2D eigenvalue weighted by atomic mass is 10.0. The fourth-order valence-electron chi connectivity index (χ4n) is 2.80. The van der Waals surface area contributed by atoms with Crippen molar-refractivity contribution in [1.29, 1.82) is 0 Å². The minimum atomic E-state index is -0.774. The van der Waals surface area contributed by atoms with Gasteiger partial charge in [0.05, 0.1) is 0 Å². The Labute approximate surface area is 117 Å². The summed E-state index contributed by atoms with van der Waals surface area (Å²) in [7, 11) is 0. The molecule has 2 atom stereocenters. The van der Waals surface area contributed by atoms with Crippen molar-refractivity contribution in [2.24, 2.45) is 5.92 Å². The zero-order chi connectivity index (χ0) is 14.7. The number of carboxylic acids is 1. The monoisotopic (exact) mass is 283 g/mol. The molecule has 1 aromatic carbocycles. The molecule has 5 heteroatoms. The Balaban J connectivity index is 1.96. The Hall–Kier alpha value is -1.49. The molecule has 0 spiro atoms. The van der Waals surface area contributed by atoms with Crippen LogP contribution in [-0.2, 0) is 4.79 Å². The Kier molecular flexibility index (Phi) is 4.70. The van der Waals surface area contributed by atoms with Gasteiger partial charge in [0.2, 0.25) is 0 Å². The zero-order valence-electron chi connectivity index (χ0n) is 11.5. The number of aliphatic carboxylic acids is 1. The van der Waals surface area contributed by atoms with Crippen LogP contribution in [0, 0.1) is 17.6 Å². The van der Waals surface area contributed by atoms with Crippen molar-refractivity contribution in [3.05, 3.63) is 35.4 Å². The van der Waals surface area contributed by atoms with Crippen LogP contribution in [0.2, 0.25) is 0 Å². The third-order valence-corrected chi connectivity index (χ3v) is 4.00. The Morgan fingerprint density at radius 3 is 2.65 bits per heavy atom. The van der Waals surface area contributed by atoms with E-state index in [4.69, 9.17) is 5.11 Å². The summed E-state index contributed by atoms with van der Waals surface area (Å²) in [6.45, 7) is 3.55. The maximum atomic E-state index is 13.2. The van der Waals surface area contributed by atoms with E-state index in [1.54, 1.807) is 0 Å². The second kappa shape index (κ2) is 6.31. The van der Waals surface area contributed by atoms with E-state index < -0.39 is 17.6 Å². The Morgan fingerprint density at radius 1 is 1.40 bits per heavy atom. The van der Waals surface area contributed by atoms with E-state index in [0.717, 1.165) is 25.6 Å². The Morgan fingerprint density at radius 2 is 2.05 bits per heavy atom. The lowest BCUT2D eigenvalue weighted by Crippen LogP contribution is -2.24. The van der Waals surface area contributed by atoms with Crippen molar-refractivity contribution in [3.8, 4) is 0 Å². The van der Waals surface area contributed by atoms with Crippen LogP contribution in [0.3, 0.4) is 0 Å². The van der Waals surface area contributed by atoms with Crippen LogP contribution in [-0.4, -0.2) is 29.1 Å². The van der Waals surface area contributed by atoms with E-state index >= 15 is 0 Å². The molecule has 0 radical (unpaired) electrons. The van der Waals surface area contributed by atoms with E-state index in [0.29, 0.717) is 17.9 Å². The molecule has 3 nitrogen and oxygen atoms in total. The maximum absolute atomic E-state index is 13.2. The van der Waals surface area contributed by atoms with Gasteiger partial charge in [0.15, 0.2) is 0 Å². The minimum absolute atomic E-state index is 0.0602. The molecular formula is C15H19F2NO2. The topological polar surface area (TPSA) is 40.5 Å². The predicted octanol–water partition coefficient (Wildman–Crippen LogP) is 3.21. The molecular weight excluding hydrogens is 264 g/mol. The third-order valence-electron chi connectivity index (χ3n) is 4.00. The molecule has 1 fully saturated rings. The van der Waals surface area contributed by atoms with Crippen molar-refractivity contribution in [3.63, 3.8) is 0 Å². The van der Waals surface area contributed by atoms with Gasteiger partial charge in [0.25, 0.3) is 0 Å². The number of benzene rings is 1. The maximum Gasteiger partial charge on any atom is 0.303 e. The SMILES string of the molecule is CC(c1cc(F)cc(F)c1)N1CCC(CCC(=O)O)C1. The van der Waals surface area contributed by atoms with E-state index in [9.17, 15) is 13.6 Å². The molecule has 110 valence electrons. The fraction of sp³-hybridized carbons (Fsp3) is 0.533. The van der Waals surface area contributed by atoms with Crippen LogP contribution in [0.1, 0.15) is 37.8 Å². The summed E-state index contributed by atoms with van der Waals surface area (Å²) in [6.07, 6.45) is 1.78. The first kappa shape index (κ1) is 14.9. The van der Waals surface area contributed by atoms with Gasteiger partial charge in [-0.2, -0.15) is 0 Å². The van der Waals surface area contributed by atoms with Crippen molar-refractivity contribution in [2.75, 3.05) is 13.1 Å². The van der Waals surface area contributed by atoms with Gasteiger partial charge >= 0.3 is 5.97 Å². The number of nitrogens with zero attached hydrogens (tertiary/aromatic N) is 1. The largest absolute Gasteiger partial charge is 0.481 e. The molecule has 0 aliphatic carbocycles. The lowest BCUT2D eigenvalue weighted by Gasteiger charge is -2.25. The van der Waals surface area contributed by atoms with Crippen LogP contribution >= 0.6 is 0 Å². The van der Waals surface area contributed by atoms with Gasteiger partial charge in [-0.3, -0.25) is 9.69 Å². The van der Waals surface area contributed by atoms with Crippen molar-refractivity contribution in [1.82, 2.24) is 4.90 Å². The minimum Gasteiger partial charge on any atom is -0.481 e. The smallest absolute Gasteiger partial charge is 0.303 e. The molecule has 1 N–H and O–H groups in total. The van der Waals surface area contributed by atoms with Gasteiger partial charge in [-0.15, -0.1) is 0 Å². The second-order valence-corrected chi connectivity index (χ2v) is 5.46. The molecule has 20 heavy (non-hydrogen) atoms. The quantitative estimate of drug-likeness (QED) is 0.902. The first-order valence-corrected chi connectivity index (χ1v) is 6.87. The van der Waals surface area contributed by atoms with E-state index in [-0.39, 0.29) is 12.5 Å². The highest BCUT2D eigenvalue weighted by Crippen LogP contribution is 2.30. The van der Waals surface area contributed by atoms with Gasteiger partial charge in [-0.05, 0) is 49.9 Å². The lowest BCUT2D eigenvalue weighted by molar-refractivity contribution is -0.137. The molecule has 0 aromatic heterocycles. The van der Waals surface area contributed by atoms with Crippen LogP contribution in [0.25, 0.3) is 0 Å². The van der Waals surface area contributed by atoms with Gasteiger partial charge in [-0.25, -0.2) is 8.78 Å². The molecule has 1 aromatic rings. The summed E-state index contributed by atoms with van der Waals surface area (Å²) < 4.78 is 26.5. The molecule has 1 saturated heterocycles. The van der Waals surface area contributed by atoms with Crippen LogP contribution in [0.15, 0.2) is 18.2 Å². The number of halogens is 2. The van der Waals surface area contributed by atoms with Gasteiger partial charge < -0.3 is 5.11 Å². The number of carbonyl (C=O) groups is 1. The summed E-state index contributed by atoms with van der Waals surface area (Å²) in [5.41, 5.74) is 0.626. The molecule has 1 aliphatic heterocycles. The number of hydrogen-bond acceptors (Lipinski definition) is 2. The molecule has 2 rings (SSSR count). The normalized spacial score (nSPS) is 21.1. The summed E-state index contributed by atoms with van der Waals surface area (Å²) in [4.78, 5) is 12.7. The molecule has 1 heterocycles. The average molecular weight is 283 g/mol.